The molecular weight excluding hydrogens is 146 g/mol. The lowest BCUT2D eigenvalue weighted by Gasteiger charge is -2.05. The van der Waals surface area contributed by atoms with Crippen molar-refractivity contribution in [3.8, 4) is 6.01 Å². The quantitative estimate of drug-likeness (QED) is 0.665. The minimum Gasteiger partial charge on any atom is -0.467 e. The molecule has 0 saturated heterocycles. The first-order chi connectivity index (χ1) is 5.16. The van der Waals surface area contributed by atoms with Crippen LogP contribution in [-0.4, -0.2) is 21.9 Å². The Morgan fingerprint density at radius 3 is 2.64 bits per heavy atom. The van der Waals surface area contributed by atoms with Gasteiger partial charge in [0, 0.05) is 6.04 Å². The number of H-pyrrole nitrogens is 1. The highest BCUT2D eigenvalue weighted by Crippen LogP contribution is 2.08. The first-order valence-electron chi connectivity index (χ1n) is 3.37. The van der Waals surface area contributed by atoms with E-state index in [-0.39, 0.29) is 11.7 Å². The molecule has 11 heavy (non-hydrogen) atoms. The van der Waals surface area contributed by atoms with Crippen LogP contribution >= 0.6 is 0 Å². The van der Waals surface area contributed by atoms with Crippen LogP contribution in [0.3, 0.4) is 0 Å². The number of aromatic nitrogens is 3. The predicted octanol–water partition coefficient (Wildman–Crippen LogP) is 0.161. The highest BCUT2D eigenvalue weighted by atomic mass is 16.5. The van der Waals surface area contributed by atoms with Gasteiger partial charge >= 0.3 is 11.7 Å². The maximum atomic E-state index is 11.0. The normalized spacial score (nSPS) is 10.5. The third-order valence-electron chi connectivity index (χ3n) is 1.37. The molecule has 0 fully saturated rings. The zero-order valence-electron chi connectivity index (χ0n) is 6.79. The van der Waals surface area contributed by atoms with E-state index in [4.69, 9.17) is 4.74 Å². The number of methoxy groups -OCH3 is 1. The highest BCUT2D eigenvalue weighted by molar-refractivity contribution is 4.93. The first kappa shape index (κ1) is 7.84. The van der Waals surface area contributed by atoms with Crippen molar-refractivity contribution in [3.05, 3.63) is 10.5 Å². The van der Waals surface area contributed by atoms with Gasteiger partial charge in [0.05, 0.1) is 7.11 Å². The van der Waals surface area contributed by atoms with Crippen LogP contribution in [-0.2, 0) is 0 Å². The van der Waals surface area contributed by atoms with E-state index >= 15 is 0 Å². The van der Waals surface area contributed by atoms with E-state index in [0.717, 1.165) is 0 Å². The molecule has 1 aromatic rings. The number of aromatic amines is 1. The van der Waals surface area contributed by atoms with E-state index in [9.17, 15) is 4.79 Å². The van der Waals surface area contributed by atoms with E-state index in [1.165, 1.54) is 11.7 Å². The van der Waals surface area contributed by atoms with Crippen molar-refractivity contribution >= 4 is 0 Å². The van der Waals surface area contributed by atoms with E-state index in [0.29, 0.717) is 6.01 Å². The molecular formula is C6H11N3O2. The van der Waals surface area contributed by atoms with Gasteiger partial charge in [0.2, 0.25) is 0 Å². The van der Waals surface area contributed by atoms with E-state index in [2.05, 4.69) is 10.2 Å². The molecule has 1 N–H and O–H groups in total. The molecule has 1 heterocycles. The van der Waals surface area contributed by atoms with E-state index in [1.54, 1.807) is 0 Å². The molecule has 0 atom stereocenters. The summed E-state index contributed by atoms with van der Waals surface area (Å²) in [6.07, 6.45) is 0. The summed E-state index contributed by atoms with van der Waals surface area (Å²) in [5, 5.41) is 5.96. The minimum absolute atomic E-state index is 0.0659. The first-order valence-corrected chi connectivity index (χ1v) is 3.37. The van der Waals surface area contributed by atoms with Crippen LogP contribution in [0.4, 0.5) is 0 Å². The number of nitrogens with zero attached hydrogens (tertiary/aromatic N) is 2. The molecule has 5 heteroatoms. The summed E-state index contributed by atoms with van der Waals surface area (Å²) < 4.78 is 6.29. The smallest absolute Gasteiger partial charge is 0.346 e. The molecule has 1 aromatic heterocycles. The van der Waals surface area contributed by atoms with Crippen molar-refractivity contribution in [1.82, 2.24) is 14.8 Å². The SMILES string of the molecule is COc1n[nH]c(=O)n1C(C)C. The highest BCUT2D eigenvalue weighted by Gasteiger charge is 2.09. The molecule has 62 valence electrons. The summed E-state index contributed by atoms with van der Waals surface area (Å²) in [7, 11) is 1.48. The van der Waals surface area contributed by atoms with Crippen LogP contribution in [0.1, 0.15) is 19.9 Å². The zero-order valence-corrected chi connectivity index (χ0v) is 6.79. The van der Waals surface area contributed by atoms with Gasteiger partial charge in [0.15, 0.2) is 0 Å². The lowest BCUT2D eigenvalue weighted by atomic mass is 10.4. The number of nitrogens with one attached hydrogen (secondary N) is 1. The van der Waals surface area contributed by atoms with Gasteiger partial charge in [0.25, 0.3) is 0 Å². The van der Waals surface area contributed by atoms with Gasteiger partial charge in [0.1, 0.15) is 0 Å². The number of ether oxygens (including phenoxy) is 1. The average Bonchev–Trinajstić information content (AvgIpc) is 2.30. The molecule has 0 aliphatic heterocycles. The Morgan fingerprint density at radius 2 is 2.27 bits per heavy atom. The number of hydrogen-bond donors (Lipinski definition) is 1. The molecule has 0 amide bonds. The zero-order chi connectivity index (χ0) is 8.43. The topological polar surface area (TPSA) is 59.9 Å². The van der Waals surface area contributed by atoms with Gasteiger partial charge in [-0.25, -0.2) is 14.5 Å². The third kappa shape index (κ3) is 1.26. The molecule has 0 saturated carbocycles. The van der Waals surface area contributed by atoms with Gasteiger partial charge in [-0.2, -0.15) is 0 Å². The van der Waals surface area contributed by atoms with Crippen LogP contribution in [0.15, 0.2) is 4.79 Å². The Kier molecular flexibility index (Phi) is 1.98. The molecule has 0 aliphatic carbocycles. The van der Waals surface area contributed by atoms with Crippen molar-refractivity contribution in [2.24, 2.45) is 0 Å². The summed E-state index contributed by atoms with van der Waals surface area (Å²) >= 11 is 0. The maximum Gasteiger partial charge on any atom is 0.346 e. The van der Waals surface area contributed by atoms with Crippen LogP contribution in [0.5, 0.6) is 6.01 Å². The molecule has 1 rings (SSSR count). The number of hydrogen-bond acceptors (Lipinski definition) is 3. The molecule has 5 nitrogen and oxygen atoms in total. The number of rotatable bonds is 2. The van der Waals surface area contributed by atoms with Gasteiger partial charge in [-0.15, -0.1) is 5.10 Å². The predicted molar refractivity (Wildman–Crippen MR) is 39.8 cm³/mol. The lowest BCUT2D eigenvalue weighted by Crippen LogP contribution is -2.19. The largest absolute Gasteiger partial charge is 0.467 e. The Bertz CT molecular complexity index is 286. The van der Waals surface area contributed by atoms with Crippen molar-refractivity contribution in [1.29, 1.82) is 0 Å². The van der Waals surface area contributed by atoms with Gasteiger partial charge in [-0.1, -0.05) is 0 Å². The Labute approximate surface area is 64.0 Å². The minimum atomic E-state index is -0.239. The second kappa shape index (κ2) is 2.77. The third-order valence-corrected chi connectivity index (χ3v) is 1.37. The lowest BCUT2D eigenvalue weighted by molar-refractivity contribution is 0.343. The summed E-state index contributed by atoms with van der Waals surface area (Å²) in [5.74, 6) is 0. The fourth-order valence-electron chi connectivity index (χ4n) is 0.890. The molecule has 0 aliphatic rings. The molecule has 0 aromatic carbocycles. The summed E-state index contributed by atoms with van der Waals surface area (Å²) in [5.41, 5.74) is -0.239. The standard InChI is InChI=1S/C6H11N3O2/c1-4(2)9-5(10)7-8-6(9)11-3/h4H,1-3H3,(H,7,10). The van der Waals surface area contributed by atoms with Crippen LogP contribution < -0.4 is 10.4 Å². The van der Waals surface area contributed by atoms with Crippen molar-refractivity contribution < 1.29 is 4.74 Å². The summed E-state index contributed by atoms with van der Waals surface area (Å²) in [6.45, 7) is 3.78. The van der Waals surface area contributed by atoms with Gasteiger partial charge in [-0.3, -0.25) is 0 Å². The van der Waals surface area contributed by atoms with Crippen molar-refractivity contribution in [3.63, 3.8) is 0 Å². The molecule has 0 radical (unpaired) electrons. The van der Waals surface area contributed by atoms with Crippen molar-refractivity contribution in [2.75, 3.05) is 7.11 Å². The summed E-state index contributed by atoms with van der Waals surface area (Å²) in [4.78, 5) is 11.0. The van der Waals surface area contributed by atoms with Crippen LogP contribution in [0.25, 0.3) is 0 Å². The van der Waals surface area contributed by atoms with Crippen LogP contribution in [0.2, 0.25) is 0 Å². The average molecular weight is 157 g/mol. The Hall–Kier alpha value is -1.26. The fraction of sp³-hybridized carbons (Fsp3) is 0.667. The van der Waals surface area contributed by atoms with E-state index < -0.39 is 0 Å². The second-order valence-corrected chi connectivity index (χ2v) is 2.48. The Morgan fingerprint density at radius 1 is 1.64 bits per heavy atom. The maximum absolute atomic E-state index is 11.0. The fourth-order valence-corrected chi connectivity index (χ4v) is 0.890. The molecule has 0 bridgehead atoms. The summed E-state index contributed by atoms with van der Waals surface area (Å²) in [6, 6.07) is 0.390. The van der Waals surface area contributed by atoms with E-state index in [1.807, 2.05) is 13.8 Å². The van der Waals surface area contributed by atoms with Crippen LogP contribution in [0, 0.1) is 0 Å². The van der Waals surface area contributed by atoms with Crippen molar-refractivity contribution in [2.45, 2.75) is 19.9 Å². The van der Waals surface area contributed by atoms with Gasteiger partial charge < -0.3 is 4.74 Å². The molecule has 0 unspecified atom stereocenters. The monoisotopic (exact) mass is 157 g/mol. The van der Waals surface area contributed by atoms with Gasteiger partial charge in [-0.05, 0) is 13.8 Å². The molecule has 0 spiro atoms. The Balaban J connectivity index is 3.18. The second-order valence-electron chi connectivity index (χ2n) is 2.48.